The Bertz CT molecular complexity index is 834. The summed E-state index contributed by atoms with van der Waals surface area (Å²) in [4.78, 5) is 25.7. The van der Waals surface area contributed by atoms with Crippen LogP contribution in [0.3, 0.4) is 0 Å². The van der Waals surface area contributed by atoms with E-state index in [1.54, 1.807) is 0 Å². The molecule has 2 amide bonds. The van der Waals surface area contributed by atoms with E-state index in [4.69, 9.17) is 4.74 Å². The number of anilines is 2. The normalized spacial score (nSPS) is 21.1. The lowest BCUT2D eigenvalue weighted by Gasteiger charge is -2.36. The Morgan fingerprint density at radius 2 is 1.89 bits per heavy atom. The van der Waals surface area contributed by atoms with Crippen molar-refractivity contribution >= 4 is 23.4 Å². The highest BCUT2D eigenvalue weighted by Crippen LogP contribution is 2.28. The van der Waals surface area contributed by atoms with Crippen molar-refractivity contribution in [3.8, 4) is 0 Å². The highest BCUT2D eigenvalue weighted by Gasteiger charge is 2.31. The van der Waals surface area contributed by atoms with Crippen molar-refractivity contribution in [2.75, 3.05) is 16.8 Å². The number of hydrogen-bond donors (Lipinski definition) is 2. The van der Waals surface area contributed by atoms with E-state index < -0.39 is 0 Å². The van der Waals surface area contributed by atoms with Crippen molar-refractivity contribution < 1.29 is 14.3 Å². The maximum absolute atomic E-state index is 11.9. The molecule has 2 N–H and O–H groups in total. The number of nitrogens with one attached hydrogen (secondary N) is 2. The van der Waals surface area contributed by atoms with Crippen LogP contribution >= 0.6 is 0 Å². The first-order valence-electron chi connectivity index (χ1n) is 9.81. The highest BCUT2D eigenvalue weighted by atomic mass is 16.5. The third-order valence-electron chi connectivity index (χ3n) is 5.27. The van der Waals surface area contributed by atoms with Gasteiger partial charge in [0.25, 0.3) is 0 Å². The van der Waals surface area contributed by atoms with Crippen LogP contribution in [0.15, 0.2) is 54.6 Å². The van der Waals surface area contributed by atoms with Crippen LogP contribution in [0.2, 0.25) is 0 Å². The molecule has 2 aromatic rings. The van der Waals surface area contributed by atoms with Crippen LogP contribution in [0.4, 0.5) is 16.2 Å². The van der Waals surface area contributed by atoms with Gasteiger partial charge < -0.3 is 20.3 Å². The van der Waals surface area contributed by atoms with E-state index in [1.165, 1.54) is 0 Å². The zero-order valence-corrected chi connectivity index (χ0v) is 15.8. The third-order valence-corrected chi connectivity index (χ3v) is 5.27. The molecule has 2 aliphatic rings. The second-order valence-corrected chi connectivity index (χ2v) is 7.41. The number of benzene rings is 2. The van der Waals surface area contributed by atoms with Crippen LogP contribution in [0.25, 0.3) is 0 Å². The molecule has 1 saturated heterocycles. The number of carbonyl (C=O) groups excluding carboxylic acids is 2. The molecule has 4 rings (SSSR count). The molecule has 0 spiro atoms. The van der Waals surface area contributed by atoms with Crippen LogP contribution in [0, 0.1) is 0 Å². The van der Waals surface area contributed by atoms with Crippen molar-refractivity contribution in [3.63, 3.8) is 0 Å². The quantitative estimate of drug-likeness (QED) is 0.803. The first kappa shape index (κ1) is 18.3. The summed E-state index contributed by atoms with van der Waals surface area (Å²) in [5.41, 5.74) is 2.93. The molecule has 146 valence electrons. The van der Waals surface area contributed by atoms with Gasteiger partial charge in [-0.25, -0.2) is 4.79 Å². The lowest BCUT2D eigenvalue weighted by Crippen LogP contribution is -2.49. The summed E-state index contributed by atoms with van der Waals surface area (Å²) < 4.78 is 5.26. The topological polar surface area (TPSA) is 70.7 Å². The second-order valence-electron chi connectivity index (χ2n) is 7.41. The van der Waals surface area contributed by atoms with Gasteiger partial charge in [-0.3, -0.25) is 4.79 Å². The summed E-state index contributed by atoms with van der Waals surface area (Å²) in [5, 5.41) is 6.40. The van der Waals surface area contributed by atoms with Crippen molar-refractivity contribution in [1.82, 2.24) is 5.32 Å². The standard InChI is InChI=1S/C22H25N3O3/c26-21-10-5-11-25(21)20-9-4-8-17(14-20)23-18-12-19(13-18)24-22(27)28-15-16-6-2-1-3-7-16/h1-4,6-9,14,18-19,23H,5,10-13,15H2,(H,24,27). The Balaban J connectivity index is 1.20. The van der Waals surface area contributed by atoms with Crippen LogP contribution in [-0.4, -0.2) is 30.6 Å². The molecule has 28 heavy (non-hydrogen) atoms. The van der Waals surface area contributed by atoms with Gasteiger partial charge in [0.05, 0.1) is 0 Å². The molecule has 1 aliphatic carbocycles. The van der Waals surface area contributed by atoms with E-state index in [0.29, 0.717) is 12.5 Å². The fourth-order valence-electron chi connectivity index (χ4n) is 3.71. The molecule has 1 aliphatic heterocycles. The number of hydrogen-bond acceptors (Lipinski definition) is 4. The average Bonchev–Trinajstić information content (AvgIpc) is 3.12. The van der Waals surface area contributed by atoms with Crippen molar-refractivity contribution in [2.45, 2.75) is 44.4 Å². The van der Waals surface area contributed by atoms with E-state index in [1.807, 2.05) is 59.5 Å². The van der Waals surface area contributed by atoms with E-state index in [0.717, 1.165) is 42.7 Å². The van der Waals surface area contributed by atoms with Gasteiger partial charge in [-0.1, -0.05) is 36.4 Å². The number of amides is 2. The zero-order valence-electron chi connectivity index (χ0n) is 15.8. The molecule has 2 aromatic carbocycles. The smallest absolute Gasteiger partial charge is 0.407 e. The largest absolute Gasteiger partial charge is 0.445 e. The molecule has 2 fully saturated rings. The van der Waals surface area contributed by atoms with Crippen molar-refractivity contribution in [3.05, 3.63) is 60.2 Å². The fraction of sp³-hybridized carbons (Fsp3) is 0.364. The van der Waals surface area contributed by atoms with Gasteiger partial charge in [0, 0.05) is 36.4 Å². The lowest BCUT2D eigenvalue weighted by atomic mass is 9.86. The SMILES string of the molecule is O=C(NC1CC(Nc2cccc(N3CCCC3=O)c2)C1)OCc1ccccc1. The molecule has 0 radical (unpaired) electrons. The van der Waals surface area contributed by atoms with E-state index in [2.05, 4.69) is 10.6 Å². The Labute approximate surface area is 164 Å². The van der Waals surface area contributed by atoms with Gasteiger partial charge in [0.2, 0.25) is 5.91 Å². The Kier molecular flexibility index (Phi) is 5.46. The number of rotatable bonds is 6. The van der Waals surface area contributed by atoms with Gasteiger partial charge in [-0.15, -0.1) is 0 Å². The summed E-state index contributed by atoms with van der Waals surface area (Å²) in [7, 11) is 0. The predicted molar refractivity (Wildman–Crippen MR) is 108 cm³/mol. The Hall–Kier alpha value is -3.02. The molecule has 1 heterocycles. The van der Waals surface area contributed by atoms with Crippen molar-refractivity contribution in [1.29, 1.82) is 0 Å². The fourth-order valence-corrected chi connectivity index (χ4v) is 3.71. The van der Waals surface area contributed by atoms with Gasteiger partial charge in [-0.05, 0) is 43.0 Å². The van der Waals surface area contributed by atoms with Crippen LogP contribution < -0.4 is 15.5 Å². The summed E-state index contributed by atoms with van der Waals surface area (Å²) >= 11 is 0. The molecule has 1 saturated carbocycles. The molecular formula is C22H25N3O3. The molecule has 6 heteroatoms. The number of ether oxygens (including phenoxy) is 1. The Morgan fingerprint density at radius 1 is 1.07 bits per heavy atom. The summed E-state index contributed by atoms with van der Waals surface area (Å²) in [6.45, 7) is 1.08. The maximum atomic E-state index is 11.9. The molecule has 0 unspecified atom stereocenters. The van der Waals surface area contributed by atoms with E-state index in [-0.39, 0.29) is 24.6 Å². The minimum absolute atomic E-state index is 0.129. The zero-order chi connectivity index (χ0) is 19.3. The predicted octanol–water partition coefficient (Wildman–Crippen LogP) is 3.68. The lowest BCUT2D eigenvalue weighted by molar-refractivity contribution is -0.117. The maximum Gasteiger partial charge on any atom is 0.407 e. The molecule has 0 bridgehead atoms. The van der Waals surface area contributed by atoms with Crippen molar-refractivity contribution in [2.24, 2.45) is 0 Å². The van der Waals surface area contributed by atoms with Crippen LogP contribution in [0.1, 0.15) is 31.2 Å². The number of alkyl carbamates (subject to hydrolysis) is 1. The summed E-state index contributed by atoms with van der Waals surface area (Å²) in [6, 6.07) is 18.1. The first-order valence-corrected chi connectivity index (χ1v) is 9.81. The second kappa shape index (κ2) is 8.33. The monoisotopic (exact) mass is 379 g/mol. The Morgan fingerprint density at radius 3 is 2.64 bits per heavy atom. The van der Waals surface area contributed by atoms with Gasteiger partial charge in [0.1, 0.15) is 6.61 Å². The number of carbonyl (C=O) groups is 2. The molecular weight excluding hydrogens is 354 g/mol. The van der Waals surface area contributed by atoms with Gasteiger partial charge >= 0.3 is 6.09 Å². The molecule has 0 atom stereocenters. The molecule has 0 aromatic heterocycles. The highest BCUT2D eigenvalue weighted by molar-refractivity contribution is 5.95. The minimum atomic E-state index is -0.373. The van der Waals surface area contributed by atoms with E-state index in [9.17, 15) is 9.59 Å². The summed E-state index contributed by atoms with van der Waals surface area (Å²) in [6.07, 6.45) is 2.89. The van der Waals surface area contributed by atoms with Gasteiger partial charge in [0.15, 0.2) is 0 Å². The molecule has 6 nitrogen and oxygen atoms in total. The van der Waals surface area contributed by atoms with Gasteiger partial charge in [-0.2, -0.15) is 0 Å². The van der Waals surface area contributed by atoms with E-state index >= 15 is 0 Å². The number of nitrogens with zero attached hydrogens (tertiary/aromatic N) is 1. The third kappa shape index (κ3) is 4.44. The first-order chi connectivity index (χ1) is 13.7. The summed E-state index contributed by atoms with van der Waals surface area (Å²) in [5.74, 6) is 0.194. The average molecular weight is 379 g/mol. The van der Waals surface area contributed by atoms with Crippen LogP contribution in [-0.2, 0) is 16.1 Å². The minimum Gasteiger partial charge on any atom is -0.445 e. The van der Waals surface area contributed by atoms with Crippen LogP contribution in [0.5, 0.6) is 0 Å².